The highest BCUT2D eigenvalue weighted by molar-refractivity contribution is 5.81. The van der Waals surface area contributed by atoms with Gasteiger partial charge >= 0.3 is 24.2 Å². The highest BCUT2D eigenvalue weighted by atomic mass is 19.4. The van der Waals surface area contributed by atoms with Gasteiger partial charge in [0.1, 0.15) is 6.10 Å². The lowest BCUT2D eigenvalue weighted by Gasteiger charge is -2.23. The predicted octanol–water partition coefficient (Wildman–Crippen LogP) is 3.24. The van der Waals surface area contributed by atoms with E-state index in [-0.39, 0.29) is 5.56 Å². The number of amides is 1. The molecule has 0 aliphatic rings. The molecule has 1 unspecified atom stereocenters. The van der Waals surface area contributed by atoms with E-state index in [0.717, 1.165) is 7.05 Å². The van der Waals surface area contributed by atoms with E-state index in [4.69, 9.17) is 0 Å². The molecule has 0 fully saturated rings. The van der Waals surface area contributed by atoms with E-state index in [2.05, 4.69) is 4.74 Å². The molecule has 0 aliphatic carbocycles. The second-order valence-corrected chi connectivity index (χ2v) is 4.82. The van der Waals surface area contributed by atoms with Crippen LogP contribution in [0.15, 0.2) is 30.3 Å². The Balaban J connectivity index is 2.84. The summed E-state index contributed by atoms with van der Waals surface area (Å²) in [6, 6.07) is 7.22. The van der Waals surface area contributed by atoms with Crippen LogP contribution in [-0.4, -0.2) is 42.7 Å². The average Bonchev–Trinajstić information content (AvgIpc) is 2.49. The molecule has 4 nitrogen and oxygen atoms in total. The van der Waals surface area contributed by atoms with Gasteiger partial charge < -0.3 is 9.64 Å². The zero-order valence-electron chi connectivity index (χ0n) is 12.3. The van der Waals surface area contributed by atoms with E-state index >= 15 is 0 Å². The minimum Gasteiger partial charge on any atom is -0.451 e. The van der Waals surface area contributed by atoms with Gasteiger partial charge in [-0.3, -0.25) is 4.79 Å². The first kappa shape index (κ1) is 19.8. The Kier molecular flexibility index (Phi) is 6.22. The summed E-state index contributed by atoms with van der Waals surface area (Å²) in [5.41, 5.74) is 0.169. The molecule has 0 aliphatic heterocycles. The number of benzene rings is 1. The van der Waals surface area contributed by atoms with Crippen molar-refractivity contribution in [1.82, 2.24) is 4.90 Å². The van der Waals surface area contributed by atoms with Crippen molar-refractivity contribution >= 4 is 11.9 Å². The molecular formula is C14H13F6NO3. The van der Waals surface area contributed by atoms with Crippen molar-refractivity contribution < 1.29 is 40.7 Å². The summed E-state index contributed by atoms with van der Waals surface area (Å²) >= 11 is 0. The molecule has 134 valence electrons. The second kappa shape index (κ2) is 7.54. The fourth-order valence-corrected chi connectivity index (χ4v) is 1.79. The summed E-state index contributed by atoms with van der Waals surface area (Å²) in [6.45, 7) is -0.553. The molecule has 0 saturated carbocycles. The van der Waals surface area contributed by atoms with Crippen LogP contribution in [0, 0.1) is 0 Å². The van der Waals surface area contributed by atoms with Crippen LogP contribution >= 0.6 is 0 Å². The number of carbonyl (C=O) groups is 2. The smallest absolute Gasteiger partial charge is 0.451 e. The molecule has 0 saturated heterocycles. The molecule has 10 heteroatoms. The van der Waals surface area contributed by atoms with Crippen LogP contribution in [0.4, 0.5) is 26.3 Å². The van der Waals surface area contributed by atoms with Crippen molar-refractivity contribution in [3.8, 4) is 0 Å². The third-order valence-electron chi connectivity index (χ3n) is 2.97. The Morgan fingerprint density at radius 1 is 1.04 bits per heavy atom. The molecular weight excluding hydrogens is 344 g/mol. The van der Waals surface area contributed by atoms with Gasteiger partial charge in [-0.25, -0.2) is 4.79 Å². The van der Waals surface area contributed by atoms with Gasteiger partial charge in [-0.1, -0.05) is 30.3 Å². The van der Waals surface area contributed by atoms with Gasteiger partial charge in [0.05, 0.1) is 0 Å². The Labute approximate surface area is 133 Å². The highest BCUT2D eigenvalue weighted by Gasteiger charge is 2.43. The molecule has 0 spiro atoms. The number of rotatable bonds is 5. The number of alkyl halides is 6. The lowest BCUT2D eigenvalue weighted by molar-refractivity contribution is -0.206. The number of hydrogen-bond donors (Lipinski definition) is 0. The molecule has 1 aromatic rings. The monoisotopic (exact) mass is 357 g/mol. The molecule has 0 bridgehead atoms. The molecule has 0 heterocycles. The van der Waals surface area contributed by atoms with E-state index in [1.165, 1.54) is 24.3 Å². The molecule has 1 atom stereocenters. The zero-order chi connectivity index (χ0) is 18.5. The van der Waals surface area contributed by atoms with Crippen LogP contribution < -0.4 is 0 Å². The van der Waals surface area contributed by atoms with Gasteiger partial charge in [-0.05, 0) is 5.56 Å². The Morgan fingerprint density at radius 2 is 1.58 bits per heavy atom. The minimum atomic E-state index is -5.24. The zero-order valence-corrected chi connectivity index (χ0v) is 12.3. The quantitative estimate of drug-likeness (QED) is 0.600. The van der Waals surface area contributed by atoms with Crippen molar-refractivity contribution in [3.63, 3.8) is 0 Å². The summed E-state index contributed by atoms with van der Waals surface area (Å²) in [6.07, 6.45) is -12.2. The SMILES string of the molecule is CN(CCC(OC(=O)C(F)(F)F)c1ccccc1)C(=O)C(F)(F)F. The second-order valence-electron chi connectivity index (χ2n) is 4.82. The standard InChI is InChI=1S/C14H13F6NO3/c1-21(11(22)13(15,16)17)8-7-10(9-5-3-2-4-6-9)24-12(23)14(18,19)20/h2-6,10H,7-8H2,1H3. The molecule has 1 amide bonds. The maximum absolute atomic E-state index is 12.3. The minimum absolute atomic E-state index is 0.169. The van der Waals surface area contributed by atoms with Crippen LogP contribution in [0.2, 0.25) is 0 Å². The molecule has 1 rings (SSSR count). The van der Waals surface area contributed by atoms with E-state index in [1.54, 1.807) is 6.07 Å². The lowest BCUT2D eigenvalue weighted by Crippen LogP contribution is -2.39. The summed E-state index contributed by atoms with van der Waals surface area (Å²) in [7, 11) is 0.851. The van der Waals surface area contributed by atoms with Gasteiger partial charge in [-0.15, -0.1) is 0 Å². The first-order chi connectivity index (χ1) is 10.9. The topological polar surface area (TPSA) is 46.6 Å². The first-order valence-corrected chi connectivity index (χ1v) is 6.58. The average molecular weight is 357 g/mol. The Hall–Kier alpha value is -2.26. The number of halogens is 6. The number of nitrogens with zero attached hydrogens (tertiary/aromatic N) is 1. The largest absolute Gasteiger partial charge is 0.490 e. The van der Waals surface area contributed by atoms with Crippen LogP contribution in [-0.2, 0) is 14.3 Å². The van der Waals surface area contributed by atoms with E-state index < -0.39 is 43.3 Å². The van der Waals surface area contributed by atoms with Gasteiger partial charge in [0, 0.05) is 20.0 Å². The fraction of sp³-hybridized carbons (Fsp3) is 0.429. The van der Waals surface area contributed by atoms with E-state index in [1.807, 2.05) is 0 Å². The van der Waals surface area contributed by atoms with Crippen molar-refractivity contribution in [2.75, 3.05) is 13.6 Å². The third-order valence-corrected chi connectivity index (χ3v) is 2.97. The lowest BCUT2D eigenvalue weighted by atomic mass is 10.1. The van der Waals surface area contributed by atoms with Crippen LogP contribution in [0.5, 0.6) is 0 Å². The van der Waals surface area contributed by atoms with Crippen LogP contribution in [0.1, 0.15) is 18.1 Å². The maximum Gasteiger partial charge on any atom is 0.490 e. The molecule has 0 aromatic heterocycles. The fourth-order valence-electron chi connectivity index (χ4n) is 1.79. The number of ether oxygens (including phenoxy) is 1. The summed E-state index contributed by atoms with van der Waals surface area (Å²) in [5.74, 6) is -4.60. The number of carbonyl (C=O) groups excluding carboxylic acids is 2. The first-order valence-electron chi connectivity index (χ1n) is 6.58. The highest BCUT2D eigenvalue weighted by Crippen LogP contribution is 2.27. The Bertz CT molecular complexity index is 570. The van der Waals surface area contributed by atoms with E-state index in [9.17, 15) is 35.9 Å². The van der Waals surface area contributed by atoms with Gasteiger partial charge in [-0.2, -0.15) is 26.3 Å². The summed E-state index contributed by atoms with van der Waals surface area (Å²) in [4.78, 5) is 22.3. The predicted molar refractivity (Wildman–Crippen MR) is 69.6 cm³/mol. The van der Waals surface area contributed by atoms with Crippen molar-refractivity contribution in [3.05, 3.63) is 35.9 Å². The van der Waals surface area contributed by atoms with Crippen LogP contribution in [0.25, 0.3) is 0 Å². The molecule has 1 aromatic carbocycles. The van der Waals surface area contributed by atoms with Gasteiger partial charge in [0.25, 0.3) is 0 Å². The number of esters is 1. The van der Waals surface area contributed by atoms with Crippen molar-refractivity contribution in [1.29, 1.82) is 0 Å². The normalized spacial score (nSPS) is 13.3. The van der Waals surface area contributed by atoms with E-state index in [0.29, 0.717) is 4.90 Å². The molecule has 24 heavy (non-hydrogen) atoms. The summed E-state index contributed by atoms with van der Waals surface area (Å²) in [5, 5.41) is 0. The van der Waals surface area contributed by atoms with Crippen molar-refractivity contribution in [2.45, 2.75) is 24.9 Å². The Morgan fingerprint density at radius 3 is 2.04 bits per heavy atom. The van der Waals surface area contributed by atoms with Crippen molar-refractivity contribution in [2.24, 2.45) is 0 Å². The molecule has 0 N–H and O–H groups in total. The number of hydrogen-bond acceptors (Lipinski definition) is 3. The van der Waals surface area contributed by atoms with Crippen LogP contribution in [0.3, 0.4) is 0 Å². The third kappa shape index (κ3) is 5.74. The maximum atomic E-state index is 12.3. The molecule has 0 radical (unpaired) electrons. The summed E-state index contributed by atoms with van der Waals surface area (Å²) < 4.78 is 78.2. The van der Waals surface area contributed by atoms with Gasteiger partial charge in [0.15, 0.2) is 0 Å². The van der Waals surface area contributed by atoms with Gasteiger partial charge in [0.2, 0.25) is 0 Å².